The SMILES string of the molecule is CC(C)CN(CCC(=O)NCCN(CCC(=O)CCCN)CCC(=O)CCCN)CCN(C(C)C)C(C)C. The van der Waals surface area contributed by atoms with Gasteiger partial charge in [0, 0.05) is 96.5 Å². The molecule has 0 aliphatic rings. The van der Waals surface area contributed by atoms with Crippen molar-refractivity contribution in [1.82, 2.24) is 20.0 Å². The van der Waals surface area contributed by atoms with Crippen molar-refractivity contribution in [2.24, 2.45) is 17.4 Å². The van der Waals surface area contributed by atoms with E-state index in [1.54, 1.807) is 0 Å². The predicted molar refractivity (Wildman–Crippen MR) is 158 cm³/mol. The van der Waals surface area contributed by atoms with Crippen LogP contribution in [0, 0.1) is 5.92 Å². The number of carbonyl (C=O) groups excluding carboxylic acids is 3. The summed E-state index contributed by atoms with van der Waals surface area (Å²) in [6, 6.07) is 0.989. The summed E-state index contributed by atoms with van der Waals surface area (Å²) in [4.78, 5) is 43.9. The topological polar surface area (TPSA) is 125 Å². The van der Waals surface area contributed by atoms with E-state index in [2.05, 4.69) is 61.6 Å². The maximum atomic E-state index is 12.6. The molecule has 0 rings (SSSR count). The van der Waals surface area contributed by atoms with E-state index in [0.717, 1.165) is 26.2 Å². The van der Waals surface area contributed by atoms with Gasteiger partial charge in [0.25, 0.3) is 0 Å². The van der Waals surface area contributed by atoms with Crippen molar-refractivity contribution in [1.29, 1.82) is 0 Å². The second-order valence-electron chi connectivity index (χ2n) is 11.4. The summed E-state index contributed by atoms with van der Waals surface area (Å²) in [5, 5.41) is 3.05. The molecule has 0 aliphatic carbocycles. The van der Waals surface area contributed by atoms with Gasteiger partial charge in [0.1, 0.15) is 11.6 Å². The molecule has 9 nitrogen and oxygen atoms in total. The lowest BCUT2D eigenvalue weighted by atomic mass is 10.1. The van der Waals surface area contributed by atoms with Gasteiger partial charge in [-0.1, -0.05) is 13.8 Å². The quantitative estimate of drug-likeness (QED) is 0.161. The van der Waals surface area contributed by atoms with Gasteiger partial charge in [0.2, 0.25) is 5.91 Å². The predicted octanol–water partition coefficient (Wildman–Crippen LogP) is 2.27. The zero-order chi connectivity index (χ0) is 28.9. The zero-order valence-corrected chi connectivity index (χ0v) is 25.5. The molecule has 0 atom stereocenters. The molecule has 5 N–H and O–H groups in total. The Morgan fingerprint density at radius 2 is 1.13 bits per heavy atom. The van der Waals surface area contributed by atoms with E-state index < -0.39 is 0 Å². The number of Topliss-reactive ketones (excluding diaryl/α,β-unsaturated/α-hetero) is 2. The molecular weight excluding hydrogens is 480 g/mol. The molecular formula is C29H60N6O3. The summed E-state index contributed by atoms with van der Waals surface area (Å²) in [6.07, 6.45) is 3.74. The molecule has 0 heterocycles. The molecule has 0 saturated carbocycles. The number of rotatable bonds is 25. The van der Waals surface area contributed by atoms with E-state index in [1.807, 2.05) is 0 Å². The highest BCUT2D eigenvalue weighted by molar-refractivity contribution is 5.79. The second-order valence-corrected chi connectivity index (χ2v) is 11.4. The standard InChI is InChI=1S/C29H60N6O3/c1-24(2)23-34(21-22-35(25(3)4)26(5)6)19-13-29(38)32-16-20-33(17-11-27(36)9-7-14-30)18-12-28(37)10-8-15-31/h24-26H,7-23,30-31H2,1-6H3,(H,32,38). The summed E-state index contributed by atoms with van der Waals surface area (Å²) in [6.45, 7) is 20.3. The Hall–Kier alpha value is -1.39. The Bertz CT molecular complexity index is 610. The number of nitrogens with one attached hydrogen (secondary N) is 1. The Labute approximate surface area is 233 Å². The summed E-state index contributed by atoms with van der Waals surface area (Å²) in [5.74, 6) is 0.968. The van der Waals surface area contributed by atoms with E-state index in [1.165, 1.54) is 0 Å². The van der Waals surface area contributed by atoms with Crippen LogP contribution in [0.25, 0.3) is 0 Å². The van der Waals surface area contributed by atoms with Crippen molar-refractivity contribution < 1.29 is 14.4 Å². The first-order chi connectivity index (χ1) is 18.0. The molecule has 0 unspecified atom stereocenters. The second kappa shape index (κ2) is 22.4. The van der Waals surface area contributed by atoms with E-state index in [0.29, 0.717) is 102 Å². The molecule has 224 valence electrons. The highest BCUT2D eigenvalue weighted by Crippen LogP contribution is 2.07. The number of nitrogens with zero attached hydrogens (tertiary/aromatic N) is 3. The third kappa shape index (κ3) is 19.6. The van der Waals surface area contributed by atoms with Gasteiger partial charge in [-0.2, -0.15) is 0 Å². The number of hydrogen-bond donors (Lipinski definition) is 3. The molecule has 38 heavy (non-hydrogen) atoms. The summed E-state index contributed by atoms with van der Waals surface area (Å²) < 4.78 is 0. The van der Waals surface area contributed by atoms with Crippen molar-refractivity contribution in [3.8, 4) is 0 Å². The van der Waals surface area contributed by atoms with Gasteiger partial charge in [-0.05, 0) is 59.5 Å². The van der Waals surface area contributed by atoms with E-state index >= 15 is 0 Å². The van der Waals surface area contributed by atoms with Crippen LogP contribution in [0.5, 0.6) is 0 Å². The van der Waals surface area contributed by atoms with Crippen LogP contribution < -0.4 is 16.8 Å². The lowest BCUT2D eigenvalue weighted by Gasteiger charge is -2.33. The van der Waals surface area contributed by atoms with Crippen molar-refractivity contribution in [3.63, 3.8) is 0 Å². The fourth-order valence-corrected chi connectivity index (χ4v) is 4.63. The van der Waals surface area contributed by atoms with Crippen molar-refractivity contribution in [2.75, 3.05) is 65.4 Å². The molecule has 9 heteroatoms. The Morgan fingerprint density at radius 3 is 1.58 bits per heavy atom. The number of amides is 1. The first-order valence-electron chi connectivity index (χ1n) is 14.9. The van der Waals surface area contributed by atoms with Gasteiger partial charge in [-0.3, -0.25) is 19.3 Å². The van der Waals surface area contributed by atoms with E-state index in [9.17, 15) is 14.4 Å². The highest BCUT2D eigenvalue weighted by Gasteiger charge is 2.17. The normalized spacial score (nSPS) is 12.1. The molecule has 0 aromatic rings. The van der Waals surface area contributed by atoms with E-state index in [4.69, 9.17) is 11.5 Å². The number of carbonyl (C=O) groups is 3. The van der Waals surface area contributed by atoms with Crippen molar-refractivity contribution >= 4 is 17.5 Å². The van der Waals surface area contributed by atoms with Crippen LogP contribution >= 0.6 is 0 Å². The Kier molecular flexibility index (Phi) is 21.6. The third-order valence-corrected chi connectivity index (χ3v) is 6.76. The van der Waals surface area contributed by atoms with Crippen molar-refractivity contribution in [3.05, 3.63) is 0 Å². The van der Waals surface area contributed by atoms with Crippen LogP contribution in [0.1, 0.15) is 86.5 Å². The molecule has 0 aliphatic heterocycles. The van der Waals surface area contributed by atoms with Crippen LogP contribution in [-0.2, 0) is 14.4 Å². The maximum absolute atomic E-state index is 12.6. The first kappa shape index (κ1) is 36.6. The smallest absolute Gasteiger partial charge is 0.221 e. The number of ketones is 2. The first-order valence-corrected chi connectivity index (χ1v) is 14.9. The molecule has 0 bridgehead atoms. The van der Waals surface area contributed by atoms with Crippen LogP contribution in [0.15, 0.2) is 0 Å². The monoisotopic (exact) mass is 540 g/mol. The number of hydrogen-bond acceptors (Lipinski definition) is 8. The summed E-state index contributed by atoms with van der Waals surface area (Å²) in [5.41, 5.74) is 11.0. The molecule has 0 aromatic carbocycles. The van der Waals surface area contributed by atoms with Gasteiger partial charge in [0.15, 0.2) is 0 Å². The van der Waals surface area contributed by atoms with Crippen LogP contribution in [0.3, 0.4) is 0 Å². The minimum atomic E-state index is 0.0429. The van der Waals surface area contributed by atoms with Gasteiger partial charge in [0.05, 0.1) is 0 Å². The zero-order valence-electron chi connectivity index (χ0n) is 25.5. The molecule has 1 amide bonds. The largest absolute Gasteiger partial charge is 0.355 e. The van der Waals surface area contributed by atoms with Crippen LogP contribution in [0.4, 0.5) is 0 Å². The number of nitrogens with two attached hydrogens (primary N) is 2. The van der Waals surface area contributed by atoms with Gasteiger partial charge < -0.3 is 26.6 Å². The average Bonchev–Trinajstić information content (AvgIpc) is 2.85. The average molecular weight is 541 g/mol. The lowest BCUT2D eigenvalue weighted by molar-refractivity contribution is -0.122. The minimum absolute atomic E-state index is 0.0429. The minimum Gasteiger partial charge on any atom is -0.355 e. The van der Waals surface area contributed by atoms with Gasteiger partial charge in [-0.15, -0.1) is 0 Å². The summed E-state index contributed by atoms with van der Waals surface area (Å²) in [7, 11) is 0. The molecule has 0 fully saturated rings. The highest BCUT2D eigenvalue weighted by atomic mass is 16.1. The Morgan fingerprint density at radius 1 is 0.632 bits per heavy atom. The molecule has 0 saturated heterocycles. The molecule has 0 radical (unpaired) electrons. The lowest BCUT2D eigenvalue weighted by Crippen LogP contribution is -2.44. The fraction of sp³-hybridized carbons (Fsp3) is 0.897. The van der Waals surface area contributed by atoms with Crippen LogP contribution in [-0.4, -0.2) is 110 Å². The fourth-order valence-electron chi connectivity index (χ4n) is 4.63. The molecule has 0 aromatic heterocycles. The van der Waals surface area contributed by atoms with Gasteiger partial charge >= 0.3 is 0 Å². The third-order valence-electron chi connectivity index (χ3n) is 6.76. The summed E-state index contributed by atoms with van der Waals surface area (Å²) >= 11 is 0. The van der Waals surface area contributed by atoms with Crippen molar-refractivity contribution in [2.45, 2.75) is 98.6 Å². The van der Waals surface area contributed by atoms with Gasteiger partial charge in [-0.25, -0.2) is 0 Å². The van der Waals surface area contributed by atoms with Crippen LogP contribution in [0.2, 0.25) is 0 Å². The maximum Gasteiger partial charge on any atom is 0.221 e. The molecule has 0 spiro atoms. The van der Waals surface area contributed by atoms with E-state index in [-0.39, 0.29) is 17.5 Å². The Balaban J connectivity index is 4.71.